The molecule has 3 nitrogen and oxygen atoms in total. The van der Waals surface area contributed by atoms with Crippen LogP contribution in [-0.2, 0) is 5.41 Å². The number of anilines is 1. The van der Waals surface area contributed by atoms with Gasteiger partial charge in [0.15, 0.2) is 0 Å². The summed E-state index contributed by atoms with van der Waals surface area (Å²) in [6.45, 7) is 6.54. The molecule has 0 saturated heterocycles. The first kappa shape index (κ1) is 12.3. The van der Waals surface area contributed by atoms with Gasteiger partial charge < -0.3 is 5.32 Å². The van der Waals surface area contributed by atoms with E-state index in [0.717, 1.165) is 11.6 Å². The largest absolute Gasteiger partial charge is 0.351 e. The Kier molecular flexibility index (Phi) is 3.65. The molecule has 2 rings (SSSR count). The van der Waals surface area contributed by atoms with Gasteiger partial charge in [-0.2, -0.15) is 0 Å². The SMILES string of the molecule is CC(C)(C)c1ccnc(NC2CCCCC2)n1. The second-order valence-corrected chi connectivity index (χ2v) is 5.99. The number of aromatic nitrogens is 2. The number of hydrogen-bond donors (Lipinski definition) is 1. The topological polar surface area (TPSA) is 37.8 Å². The molecule has 1 aromatic rings. The second kappa shape index (κ2) is 5.03. The summed E-state index contributed by atoms with van der Waals surface area (Å²) in [7, 11) is 0. The molecule has 1 heterocycles. The van der Waals surface area contributed by atoms with Crippen LogP contribution in [0.4, 0.5) is 5.95 Å². The Bertz CT molecular complexity index is 362. The van der Waals surface area contributed by atoms with E-state index in [-0.39, 0.29) is 5.41 Å². The van der Waals surface area contributed by atoms with Crippen molar-refractivity contribution in [2.24, 2.45) is 0 Å². The molecule has 1 aliphatic carbocycles. The van der Waals surface area contributed by atoms with Crippen LogP contribution < -0.4 is 5.32 Å². The molecular weight excluding hydrogens is 210 g/mol. The summed E-state index contributed by atoms with van der Waals surface area (Å²) in [6, 6.07) is 2.57. The number of nitrogens with one attached hydrogen (secondary N) is 1. The summed E-state index contributed by atoms with van der Waals surface area (Å²) in [5, 5.41) is 3.47. The van der Waals surface area contributed by atoms with Gasteiger partial charge in [0, 0.05) is 17.7 Å². The van der Waals surface area contributed by atoms with Crippen molar-refractivity contribution < 1.29 is 0 Å². The summed E-state index contributed by atoms with van der Waals surface area (Å²) >= 11 is 0. The lowest BCUT2D eigenvalue weighted by molar-refractivity contribution is 0.460. The maximum absolute atomic E-state index is 4.62. The molecule has 0 bridgehead atoms. The highest BCUT2D eigenvalue weighted by Crippen LogP contribution is 2.23. The van der Waals surface area contributed by atoms with Gasteiger partial charge >= 0.3 is 0 Å². The molecule has 1 aromatic heterocycles. The molecule has 0 atom stereocenters. The van der Waals surface area contributed by atoms with E-state index in [9.17, 15) is 0 Å². The number of hydrogen-bond acceptors (Lipinski definition) is 3. The molecule has 17 heavy (non-hydrogen) atoms. The predicted octanol–water partition coefficient (Wildman–Crippen LogP) is 3.52. The van der Waals surface area contributed by atoms with Crippen LogP contribution in [0.25, 0.3) is 0 Å². The first-order chi connectivity index (χ1) is 8.05. The van der Waals surface area contributed by atoms with Gasteiger partial charge in [-0.25, -0.2) is 9.97 Å². The Morgan fingerprint density at radius 2 is 1.88 bits per heavy atom. The molecule has 0 aliphatic heterocycles. The maximum Gasteiger partial charge on any atom is 0.223 e. The Morgan fingerprint density at radius 1 is 1.18 bits per heavy atom. The fourth-order valence-electron chi connectivity index (χ4n) is 2.28. The normalized spacial score (nSPS) is 18.1. The van der Waals surface area contributed by atoms with E-state index in [2.05, 4.69) is 36.1 Å². The van der Waals surface area contributed by atoms with Gasteiger partial charge in [0.25, 0.3) is 0 Å². The third-order valence-electron chi connectivity index (χ3n) is 3.36. The average Bonchev–Trinajstić information content (AvgIpc) is 2.29. The van der Waals surface area contributed by atoms with Crippen LogP contribution in [0.1, 0.15) is 58.6 Å². The zero-order valence-corrected chi connectivity index (χ0v) is 11.2. The van der Waals surface area contributed by atoms with E-state index in [1.807, 2.05) is 12.3 Å². The molecular formula is C14H23N3. The van der Waals surface area contributed by atoms with Crippen LogP contribution >= 0.6 is 0 Å². The molecule has 0 spiro atoms. The first-order valence-corrected chi connectivity index (χ1v) is 6.66. The summed E-state index contributed by atoms with van der Waals surface area (Å²) < 4.78 is 0. The van der Waals surface area contributed by atoms with Crippen LogP contribution in [0.3, 0.4) is 0 Å². The monoisotopic (exact) mass is 233 g/mol. The van der Waals surface area contributed by atoms with Gasteiger partial charge in [0.05, 0.1) is 5.69 Å². The Balaban J connectivity index is 2.05. The van der Waals surface area contributed by atoms with Crippen LogP contribution in [0.5, 0.6) is 0 Å². The van der Waals surface area contributed by atoms with Crippen LogP contribution in [0, 0.1) is 0 Å². The summed E-state index contributed by atoms with van der Waals surface area (Å²) in [6.07, 6.45) is 8.40. The molecule has 1 saturated carbocycles. The molecule has 3 heteroatoms. The van der Waals surface area contributed by atoms with Gasteiger partial charge in [0.1, 0.15) is 0 Å². The molecule has 94 valence electrons. The fourth-order valence-corrected chi connectivity index (χ4v) is 2.28. The Morgan fingerprint density at radius 3 is 2.53 bits per heavy atom. The van der Waals surface area contributed by atoms with E-state index in [0.29, 0.717) is 6.04 Å². The summed E-state index contributed by atoms with van der Waals surface area (Å²) in [4.78, 5) is 8.94. The van der Waals surface area contributed by atoms with Crippen LogP contribution in [-0.4, -0.2) is 16.0 Å². The first-order valence-electron chi connectivity index (χ1n) is 6.66. The minimum atomic E-state index is 0.0892. The smallest absolute Gasteiger partial charge is 0.223 e. The number of nitrogens with zero attached hydrogens (tertiary/aromatic N) is 2. The molecule has 0 aromatic carbocycles. The van der Waals surface area contributed by atoms with Gasteiger partial charge in [0.2, 0.25) is 5.95 Å². The lowest BCUT2D eigenvalue weighted by Crippen LogP contribution is -2.24. The minimum Gasteiger partial charge on any atom is -0.351 e. The molecule has 1 aliphatic rings. The van der Waals surface area contributed by atoms with Crippen molar-refractivity contribution in [2.45, 2.75) is 64.3 Å². The lowest BCUT2D eigenvalue weighted by atomic mass is 9.92. The second-order valence-electron chi connectivity index (χ2n) is 5.99. The minimum absolute atomic E-state index is 0.0892. The van der Waals surface area contributed by atoms with Crippen molar-refractivity contribution in [1.82, 2.24) is 9.97 Å². The molecule has 0 amide bonds. The third-order valence-corrected chi connectivity index (χ3v) is 3.36. The summed E-state index contributed by atoms with van der Waals surface area (Å²) in [5.74, 6) is 0.796. The van der Waals surface area contributed by atoms with Crippen molar-refractivity contribution in [3.05, 3.63) is 18.0 Å². The van der Waals surface area contributed by atoms with Gasteiger partial charge in [-0.1, -0.05) is 40.0 Å². The highest BCUT2D eigenvalue weighted by Gasteiger charge is 2.18. The predicted molar refractivity (Wildman–Crippen MR) is 71.2 cm³/mol. The van der Waals surface area contributed by atoms with Crippen molar-refractivity contribution in [1.29, 1.82) is 0 Å². The van der Waals surface area contributed by atoms with Gasteiger partial charge in [-0.05, 0) is 18.9 Å². The van der Waals surface area contributed by atoms with Gasteiger partial charge in [-0.3, -0.25) is 0 Å². The van der Waals surface area contributed by atoms with Crippen molar-refractivity contribution in [3.63, 3.8) is 0 Å². The quantitative estimate of drug-likeness (QED) is 0.849. The molecule has 1 fully saturated rings. The van der Waals surface area contributed by atoms with Crippen LogP contribution in [0.15, 0.2) is 12.3 Å². The maximum atomic E-state index is 4.62. The van der Waals surface area contributed by atoms with E-state index >= 15 is 0 Å². The zero-order valence-electron chi connectivity index (χ0n) is 11.2. The van der Waals surface area contributed by atoms with E-state index < -0.39 is 0 Å². The third kappa shape index (κ3) is 3.42. The van der Waals surface area contributed by atoms with E-state index in [1.54, 1.807) is 0 Å². The Hall–Kier alpha value is -1.12. The van der Waals surface area contributed by atoms with Gasteiger partial charge in [-0.15, -0.1) is 0 Å². The van der Waals surface area contributed by atoms with Crippen molar-refractivity contribution in [3.8, 4) is 0 Å². The molecule has 0 unspecified atom stereocenters. The zero-order chi connectivity index (χ0) is 12.3. The highest BCUT2D eigenvalue weighted by atomic mass is 15.1. The molecule has 1 N–H and O–H groups in total. The van der Waals surface area contributed by atoms with E-state index in [1.165, 1.54) is 32.1 Å². The van der Waals surface area contributed by atoms with Crippen molar-refractivity contribution in [2.75, 3.05) is 5.32 Å². The standard InChI is InChI=1S/C14H23N3/c1-14(2,3)12-9-10-15-13(17-12)16-11-7-5-4-6-8-11/h9-11H,4-8H2,1-3H3,(H,15,16,17). The average molecular weight is 233 g/mol. The molecule has 0 radical (unpaired) electrons. The van der Waals surface area contributed by atoms with Crippen molar-refractivity contribution >= 4 is 5.95 Å². The fraction of sp³-hybridized carbons (Fsp3) is 0.714. The summed E-state index contributed by atoms with van der Waals surface area (Å²) in [5.41, 5.74) is 1.19. The Labute approximate surface area is 104 Å². The highest BCUT2D eigenvalue weighted by molar-refractivity contribution is 5.29. The van der Waals surface area contributed by atoms with Crippen LogP contribution in [0.2, 0.25) is 0 Å². The lowest BCUT2D eigenvalue weighted by Gasteiger charge is -2.24. The number of rotatable bonds is 2. The van der Waals surface area contributed by atoms with E-state index in [4.69, 9.17) is 0 Å².